The molecule has 0 atom stereocenters. The van der Waals surface area contributed by atoms with Crippen LogP contribution in [0.1, 0.15) is 18.4 Å². The Morgan fingerprint density at radius 3 is 2.05 bits per heavy atom. The molecule has 1 heterocycles. The number of likely N-dealkylation sites (tertiary alicyclic amines) is 1. The van der Waals surface area contributed by atoms with Crippen molar-refractivity contribution in [2.75, 3.05) is 34.4 Å². The van der Waals surface area contributed by atoms with Gasteiger partial charge < -0.3 is 19.9 Å². The largest absolute Gasteiger partial charge is 0.496 e. The van der Waals surface area contributed by atoms with Crippen LogP contribution in [0.3, 0.4) is 0 Å². The van der Waals surface area contributed by atoms with Gasteiger partial charge in [-0.2, -0.15) is 0 Å². The van der Waals surface area contributed by atoms with Gasteiger partial charge >= 0.3 is 0 Å². The normalized spacial score (nSPS) is 16.2. The SMILES string of the molecule is COc1cc(OC)c(OC)cc1CN1CCC(N)CC1.Cl. The van der Waals surface area contributed by atoms with Crippen molar-refractivity contribution in [2.24, 2.45) is 5.73 Å². The first-order valence-corrected chi connectivity index (χ1v) is 6.94. The highest BCUT2D eigenvalue weighted by Crippen LogP contribution is 2.35. The minimum Gasteiger partial charge on any atom is -0.496 e. The molecule has 0 saturated carbocycles. The first kappa shape index (κ1) is 17.9. The first-order chi connectivity index (χ1) is 9.67. The topological polar surface area (TPSA) is 57.0 Å². The summed E-state index contributed by atoms with van der Waals surface area (Å²) < 4.78 is 16.1. The minimum atomic E-state index is 0. The number of benzene rings is 1. The second-order valence-corrected chi connectivity index (χ2v) is 5.13. The molecule has 0 unspecified atom stereocenters. The van der Waals surface area contributed by atoms with Crippen LogP contribution in [0, 0.1) is 0 Å². The summed E-state index contributed by atoms with van der Waals surface area (Å²) in [6, 6.07) is 4.22. The van der Waals surface area contributed by atoms with E-state index in [4.69, 9.17) is 19.9 Å². The lowest BCUT2D eigenvalue weighted by atomic mass is 10.0. The molecule has 0 radical (unpaired) electrons. The van der Waals surface area contributed by atoms with Crippen molar-refractivity contribution < 1.29 is 14.2 Å². The lowest BCUT2D eigenvalue weighted by Crippen LogP contribution is -2.39. The predicted molar refractivity (Wildman–Crippen MR) is 85.8 cm³/mol. The number of rotatable bonds is 5. The monoisotopic (exact) mass is 316 g/mol. The van der Waals surface area contributed by atoms with Crippen molar-refractivity contribution in [3.63, 3.8) is 0 Å². The predicted octanol–water partition coefficient (Wildman–Crippen LogP) is 2.06. The molecule has 21 heavy (non-hydrogen) atoms. The van der Waals surface area contributed by atoms with E-state index in [0.717, 1.165) is 49.5 Å². The summed E-state index contributed by atoms with van der Waals surface area (Å²) in [5.74, 6) is 2.25. The number of piperidine rings is 1. The molecule has 120 valence electrons. The Labute approximate surface area is 132 Å². The fraction of sp³-hybridized carbons (Fsp3) is 0.600. The zero-order chi connectivity index (χ0) is 14.5. The fourth-order valence-corrected chi connectivity index (χ4v) is 2.57. The van der Waals surface area contributed by atoms with Crippen molar-refractivity contribution in [2.45, 2.75) is 25.4 Å². The molecule has 6 heteroatoms. The van der Waals surface area contributed by atoms with Crippen LogP contribution in [0.5, 0.6) is 17.2 Å². The molecule has 0 aromatic heterocycles. The van der Waals surface area contributed by atoms with Crippen LogP contribution >= 0.6 is 12.4 Å². The van der Waals surface area contributed by atoms with Gasteiger partial charge in [-0.25, -0.2) is 0 Å². The zero-order valence-electron chi connectivity index (χ0n) is 12.9. The maximum Gasteiger partial charge on any atom is 0.164 e. The van der Waals surface area contributed by atoms with E-state index in [2.05, 4.69) is 4.90 Å². The third-order valence-electron chi connectivity index (χ3n) is 3.81. The molecule has 2 N–H and O–H groups in total. The maximum absolute atomic E-state index is 5.94. The number of nitrogens with two attached hydrogens (primary N) is 1. The van der Waals surface area contributed by atoms with E-state index in [0.29, 0.717) is 11.8 Å². The number of methoxy groups -OCH3 is 3. The molecular formula is C15H25ClN2O3. The Morgan fingerprint density at radius 1 is 1.00 bits per heavy atom. The lowest BCUT2D eigenvalue weighted by molar-refractivity contribution is 0.203. The molecular weight excluding hydrogens is 292 g/mol. The number of hydrogen-bond donors (Lipinski definition) is 1. The summed E-state index contributed by atoms with van der Waals surface area (Å²) in [6.07, 6.45) is 2.10. The Bertz CT molecular complexity index is 449. The van der Waals surface area contributed by atoms with Gasteiger partial charge in [0.25, 0.3) is 0 Å². The van der Waals surface area contributed by atoms with Gasteiger partial charge in [-0.15, -0.1) is 12.4 Å². The number of halogens is 1. The van der Waals surface area contributed by atoms with Crippen LogP contribution in [-0.4, -0.2) is 45.4 Å². The average Bonchev–Trinajstić information content (AvgIpc) is 2.49. The van der Waals surface area contributed by atoms with Crippen LogP contribution in [0.4, 0.5) is 0 Å². The Hall–Kier alpha value is -1.17. The second kappa shape index (κ2) is 8.32. The smallest absolute Gasteiger partial charge is 0.164 e. The van der Waals surface area contributed by atoms with E-state index in [1.54, 1.807) is 21.3 Å². The van der Waals surface area contributed by atoms with Crippen molar-refractivity contribution >= 4 is 12.4 Å². The molecule has 1 aromatic carbocycles. The lowest BCUT2D eigenvalue weighted by Gasteiger charge is -2.30. The summed E-state index contributed by atoms with van der Waals surface area (Å²) >= 11 is 0. The zero-order valence-corrected chi connectivity index (χ0v) is 13.7. The van der Waals surface area contributed by atoms with Crippen LogP contribution < -0.4 is 19.9 Å². The molecule has 1 saturated heterocycles. The summed E-state index contributed by atoms with van der Waals surface area (Å²) in [4.78, 5) is 2.40. The van der Waals surface area contributed by atoms with Gasteiger partial charge in [-0.1, -0.05) is 0 Å². The maximum atomic E-state index is 5.94. The third kappa shape index (κ3) is 4.40. The quantitative estimate of drug-likeness (QED) is 0.901. The summed E-state index contributed by atoms with van der Waals surface area (Å²) in [6.45, 7) is 2.90. The molecule has 0 amide bonds. The fourth-order valence-electron chi connectivity index (χ4n) is 2.57. The molecule has 1 fully saturated rings. The van der Waals surface area contributed by atoms with Crippen molar-refractivity contribution in [1.29, 1.82) is 0 Å². The second-order valence-electron chi connectivity index (χ2n) is 5.13. The number of ether oxygens (including phenoxy) is 3. The van der Waals surface area contributed by atoms with E-state index in [9.17, 15) is 0 Å². The van der Waals surface area contributed by atoms with E-state index < -0.39 is 0 Å². The standard InChI is InChI=1S/C15H24N2O3.ClH/c1-18-13-9-15(20-3)14(19-2)8-11(13)10-17-6-4-12(16)5-7-17;/h8-9,12H,4-7,10,16H2,1-3H3;1H. The summed E-state index contributed by atoms with van der Waals surface area (Å²) in [7, 11) is 4.95. The summed E-state index contributed by atoms with van der Waals surface area (Å²) in [5.41, 5.74) is 7.05. The first-order valence-electron chi connectivity index (χ1n) is 6.94. The third-order valence-corrected chi connectivity index (χ3v) is 3.81. The van der Waals surface area contributed by atoms with Gasteiger partial charge in [0.05, 0.1) is 21.3 Å². The van der Waals surface area contributed by atoms with Gasteiger partial charge in [-0.3, -0.25) is 4.90 Å². The van der Waals surface area contributed by atoms with Crippen LogP contribution in [-0.2, 0) is 6.54 Å². The minimum absolute atomic E-state index is 0. The molecule has 0 aliphatic carbocycles. The van der Waals surface area contributed by atoms with E-state index >= 15 is 0 Å². The van der Waals surface area contributed by atoms with E-state index in [1.807, 2.05) is 12.1 Å². The molecule has 1 aliphatic rings. The van der Waals surface area contributed by atoms with Gasteiger partial charge in [0.1, 0.15) is 5.75 Å². The van der Waals surface area contributed by atoms with Crippen LogP contribution in [0.15, 0.2) is 12.1 Å². The van der Waals surface area contributed by atoms with Crippen molar-refractivity contribution in [3.8, 4) is 17.2 Å². The molecule has 1 aliphatic heterocycles. The molecule has 0 spiro atoms. The van der Waals surface area contributed by atoms with Gasteiger partial charge in [-0.05, 0) is 32.0 Å². The van der Waals surface area contributed by atoms with Gasteiger partial charge in [0.2, 0.25) is 0 Å². The van der Waals surface area contributed by atoms with E-state index in [-0.39, 0.29) is 12.4 Å². The number of hydrogen-bond acceptors (Lipinski definition) is 5. The Kier molecular flexibility index (Phi) is 7.08. The van der Waals surface area contributed by atoms with Gasteiger partial charge in [0.15, 0.2) is 11.5 Å². The highest BCUT2D eigenvalue weighted by atomic mass is 35.5. The van der Waals surface area contributed by atoms with Gasteiger partial charge in [0, 0.05) is 24.2 Å². The molecule has 2 rings (SSSR count). The summed E-state index contributed by atoms with van der Waals surface area (Å²) in [5, 5.41) is 0. The number of nitrogens with zero attached hydrogens (tertiary/aromatic N) is 1. The highest BCUT2D eigenvalue weighted by Gasteiger charge is 2.19. The van der Waals surface area contributed by atoms with Crippen molar-refractivity contribution in [3.05, 3.63) is 17.7 Å². The average molecular weight is 317 g/mol. The molecule has 1 aromatic rings. The Morgan fingerprint density at radius 2 is 1.52 bits per heavy atom. The van der Waals surface area contributed by atoms with Crippen LogP contribution in [0.25, 0.3) is 0 Å². The highest BCUT2D eigenvalue weighted by molar-refractivity contribution is 5.85. The Balaban J connectivity index is 0.00000220. The van der Waals surface area contributed by atoms with Crippen LogP contribution in [0.2, 0.25) is 0 Å². The van der Waals surface area contributed by atoms with Crippen molar-refractivity contribution in [1.82, 2.24) is 4.90 Å². The van der Waals surface area contributed by atoms with E-state index in [1.165, 1.54) is 0 Å². The molecule has 0 bridgehead atoms. The molecule has 5 nitrogen and oxygen atoms in total.